The van der Waals surface area contributed by atoms with Crippen molar-refractivity contribution < 1.29 is 8.42 Å². The van der Waals surface area contributed by atoms with E-state index in [0.29, 0.717) is 11.4 Å². The molecule has 6 heteroatoms. The predicted octanol–water partition coefficient (Wildman–Crippen LogP) is 2.18. The van der Waals surface area contributed by atoms with Gasteiger partial charge >= 0.3 is 0 Å². The summed E-state index contributed by atoms with van der Waals surface area (Å²) in [4.78, 5) is 0.333. The van der Waals surface area contributed by atoms with E-state index in [1.807, 2.05) is 33.1 Å². The van der Waals surface area contributed by atoms with Crippen molar-refractivity contribution in [2.24, 2.45) is 5.73 Å². The van der Waals surface area contributed by atoms with Crippen LogP contribution in [0.2, 0.25) is 0 Å². The molecule has 1 rings (SSSR count). The Morgan fingerprint density at radius 2 is 1.95 bits per heavy atom. The fourth-order valence-electron chi connectivity index (χ4n) is 2.07. The summed E-state index contributed by atoms with van der Waals surface area (Å²) in [7, 11) is -3.48. The minimum atomic E-state index is -3.48. The van der Waals surface area contributed by atoms with Crippen LogP contribution in [0.25, 0.3) is 0 Å². The third kappa shape index (κ3) is 4.48. The second-order valence-electron chi connectivity index (χ2n) is 5.05. The molecule has 20 heavy (non-hydrogen) atoms. The first kappa shape index (κ1) is 17.5. The van der Waals surface area contributed by atoms with E-state index >= 15 is 0 Å². The Labute approximate surface area is 126 Å². The molecule has 0 heterocycles. The van der Waals surface area contributed by atoms with Crippen LogP contribution in [-0.2, 0) is 16.6 Å². The summed E-state index contributed by atoms with van der Waals surface area (Å²) < 4.78 is 27.6. The van der Waals surface area contributed by atoms with E-state index in [0.717, 1.165) is 28.9 Å². The van der Waals surface area contributed by atoms with Gasteiger partial charge in [0.25, 0.3) is 0 Å². The van der Waals surface area contributed by atoms with Crippen LogP contribution in [0, 0.1) is 13.8 Å². The lowest BCUT2D eigenvalue weighted by atomic mass is 10.1. The van der Waals surface area contributed by atoms with Crippen LogP contribution in [0.5, 0.6) is 0 Å². The number of thioether (sulfide) groups is 1. The number of rotatable bonds is 7. The first-order valence-electron chi connectivity index (χ1n) is 6.63. The number of hydrogen-bond donors (Lipinski definition) is 2. The Morgan fingerprint density at radius 1 is 1.30 bits per heavy atom. The molecule has 0 saturated carbocycles. The summed E-state index contributed by atoms with van der Waals surface area (Å²) in [5.74, 6) is 0.935. The van der Waals surface area contributed by atoms with E-state index in [9.17, 15) is 8.42 Å². The lowest BCUT2D eigenvalue weighted by Gasteiger charge is -2.16. The molecular weight excluding hydrogens is 292 g/mol. The highest BCUT2D eigenvalue weighted by Gasteiger charge is 2.20. The second kappa shape index (κ2) is 7.45. The summed E-state index contributed by atoms with van der Waals surface area (Å²) in [5.41, 5.74) is 8.31. The fraction of sp³-hybridized carbons (Fsp3) is 0.571. The molecule has 3 N–H and O–H groups in total. The van der Waals surface area contributed by atoms with Crippen molar-refractivity contribution in [3.8, 4) is 0 Å². The van der Waals surface area contributed by atoms with Crippen LogP contribution in [0.3, 0.4) is 0 Å². The third-order valence-corrected chi connectivity index (χ3v) is 5.63. The molecule has 0 aliphatic carbocycles. The number of hydrogen-bond acceptors (Lipinski definition) is 4. The Hall–Kier alpha value is -0.560. The molecule has 0 fully saturated rings. The van der Waals surface area contributed by atoms with E-state index < -0.39 is 10.0 Å². The van der Waals surface area contributed by atoms with Gasteiger partial charge in [0, 0.05) is 12.6 Å². The molecule has 114 valence electrons. The van der Waals surface area contributed by atoms with Gasteiger partial charge in [0.1, 0.15) is 0 Å². The van der Waals surface area contributed by atoms with Crippen LogP contribution in [0.1, 0.15) is 30.0 Å². The van der Waals surface area contributed by atoms with Crippen molar-refractivity contribution in [3.63, 3.8) is 0 Å². The van der Waals surface area contributed by atoms with E-state index in [-0.39, 0.29) is 6.04 Å². The molecule has 0 bridgehead atoms. The molecule has 1 aromatic rings. The van der Waals surface area contributed by atoms with Crippen LogP contribution in [0.15, 0.2) is 17.0 Å². The van der Waals surface area contributed by atoms with Gasteiger partial charge in [-0.2, -0.15) is 11.8 Å². The Morgan fingerprint density at radius 3 is 2.50 bits per heavy atom. The maximum Gasteiger partial charge on any atom is 0.241 e. The SMILES string of the molecule is CSCCC(C)NS(=O)(=O)c1cc(CN)c(C)cc1C. The minimum Gasteiger partial charge on any atom is -0.326 e. The molecule has 0 aromatic heterocycles. The molecular formula is C14H24N2O2S2. The van der Waals surface area contributed by atoms with Crippen LogP contribution < -0.4 is 10.5 Å². The normalized spacial score (nSPS) is 13.4. The van der Waals surface area contributed by atoms with Crippen molar-refractivity contribution in [2.75, 3.05) is 12.0 Å². The number of sulfonamides is 1. The van der Waals surface area contributed by atoms with Gasteiger partial charge in [-0.15, -0.1) is 0 Å². The Kier molecular flexibility index (Phi) is 6.51. The quantitative estimate of drug-likeness (QED) is 0.809. The van der Waals surface area contributed by atoms with Crippen molar-refractivity contribution in [3.05, 3.63) is 28.8 Å². The summed E-state index contributed by atoms with van der Waals surface area (Å²) >= 11 is 1.71. The molecule has 0 amide bonds. The highest BCUT2D eigenvalue weighted by Crippen LogP contribution is 2.21. The zero-order valence-electron chi connectivity index (χ0n) is 12.6. The van der Waals surface area contributed by atoms with Gasteiger partial charge in [0.05, 0.1) is 4.90 Å². The monoisotopic (exact) mass is 316 g/mol. The average Bonchev–Trinajstić information content (AvgIpc) is 2.35. The number of nitrogens with one attached hydrogen (secondary N) is 1. The first-order chi connectivity index (χ1) is 9.31. The van der Waals surface area contributed by atoms with E-state index in [1.54, 1.807) is 17.8 Å². The summed E-state index contributed by atoms with van der Waals surface area (Å²) in [5, 5.41) is 0. The second-order valence-corrected chi connectivity index (χ2v) is 7.72. The van der Waals surface area contributed by atoms with Crippen molar-refractivity contribution in [1.82, 2.24) is 4.72 Å². The Balaban J connectivity index is 3.03. The maximum atomic E-state index is 12.4. The first-order valence-corrected chi connectivity index (χ1v) is 9.51. The van der Waals surface area contributed by atoms with Crippen LogP contribution in [-0.4, -0.2) is 26.5 Å². The minimum absolute atomic E-state index is 0.0746. The molecule has 0 aliphatic heterocycles. The van der Waals surface area contributed by atoms with Gasteiger partial charge in [0.2, 0.25) is 10.0 Å². The summed E-state index contributed by atoms with van der Waals surface area (Å²) in [6, 6.07) is 3.49. The lowest BCUT2D eigenvalue weighted by Crippen LogP contribution is -2.33. The van der Waals surface area contributed by atoms with Gasteiger partial charge in [-0.3, -0.25) is 0 Å². The number of benzene rings is 1. The smallest absolute Gasteiger partial charge is 0.241 e. The highest BCUT2D eigenvalue weighted by atomic mass is 32.2. The van der Waals surface area contributed by atoms with Crippen LogP contribution in [0.4, 0.5) is 0 Å². The standard InChI is InChI=1S/C14H24N2O2S2/c1-10-7-11(2)14(8-13(10)9-15)20(17,18)16-12(3)5-6-19-4/h7-8,12,16H,5-6,9,15H2,1-4H3. The average molecular weight is 316 g/mol. The third-order valence-electron chi connectivity index (χ3n) is 3.25. The zero-order chi connectivity index (χ0) is 15.3. The van der Waals surface area contributed by atoms with Crippen LogP contribution >= 0.6 is 11.8 Å². The molecule has 0 spiro atoms. The molecule has 1 atom stereocenters. The van der Waals surface area contributed by atoms with Crippen molar-refractivity contribution in [1.29, 1.82) is 0 Å². The highest BCUT2D eigenvalue weighted by molar-refractivity contribution is 7.98. The largest absolute Gasteiger partial charge is 0.326 e. The Bertz CT molecular complexity index is 557. The molecule has 4 nitrogen and oxygen atoms in total. The van der Waals surface area contributed by atoms with Gasteiger partial charge < -0.3 is 5.73 Å². The van der Waals surface area contributed by atoms with Gasteiger partial charge in [-0.1, -0.05) is 6.07 Å². The summed E-state index contributed by atoms with van der Waals surface area (Å²) in [6.07, 6.45) is 2.83. The molecule has 0 saturated heterocycles. The molecule has 0 aliphatic rings. The molecule has 1 aromatic carbocycles. The van der Waals surface area contributed by atoms with E-state index in [1.165, 1.54) is 0 Å². The topological polar surface area (TPSA) is 72.2 Å². The maximum absolute atomic E-state index is 12.4. The molecule has 0 radical (unpaired) electrons. The predicted molar refractivity (Wildman–Crippen MR) is 86.6 cm³/mol. The molecule has 1 unspecified atom stereocenters. The van der Waals surface area contributed by atoms with E-state index in [4.69, 9.17) is 5.73 Å². The van der Waals surface area contributed by atoms with Gasteiger partial charge in [-0.25, -0.2) is 13.1 Å². The number of aryl methyl sites for hydroxylation is 2. The van der Waals surface area contributed by atoms with Gasteiger partial charge in [0.15, 0.2) is 0 Å². The lowest BCUT2D eigenvalue weighted by molar-refractivity contribution is 0.556. The number of nitrogens with two attached hydrogens (primary N) is 1. The summed E-state index contributed by atoms with van der Waals surface area (Å²) in [6.45, 7) is 5.99. The fourth-order valence-corrected chi connectivity index (χ4v) is 4.21. The van der Waals surface area contributed by atoms with Crippen molar-refractivity contribution >= 4 is 21.8 Å². The van der Waals surface area contributed by atoms with Gasteiger partial charge in [-0.05, 0) is 62.0 Å². The van der Waals surface area contributed by atoms with E-state index in [2.05, 4.69) is 4.72 Å². The van der Waals surface area contributed by atoms with Crippen molar-refractivity contribution in [2.45, 2.75) is 44.7 Å². The zero-order valence-corrected chi connectivity index (χ0v) is 14.2.